The Balaban J connectivity index is 1.29. The largest absolute Gasteiger partial charge is 0.480 e. The molecule has 27 nitrogen and oxygen atoms in total. The molecule has 2 aromatic heterocycles. The van der Waals surface area contributed by atoms with Crippen molar-refractivity contribution in [3.63, 3.8) is 0 Å². The van der Waals surface area contributed by atoms with Gasteiger partial charge in [-0.05, 0) is 99.7 Å². The van der Waals surface area contributed by atoms with Crippen molar-refractivity contribution in [2.45, 2.75) is 119 Å². The van der Waals surface area contributed by atoms with E-state index >= 15 is 0 Å². The van der Waals surface area contributed by atoms with Gasteiger partial charge >= 0.3 is 5.97 Å². The van der Waals surface area contributed by atoms with Crippen molar-refractivity contribution in [3.8, 4) is 0 Å². The Morgan fingerprint density at radius 1 is 0.810 bits per heavy atom. The number of nitrogens with two attached hydrogens (primary N) is 5. The summed E-state index contributed by atoms with van der Waals surface area (Å²) in [5, 5.41) is 48.6. The van der Waals surface area contributed by atoms with E-state index in [9.17, 15) is 58.6 Å². The monoisotopic (exact) mass is 1140 g/mol. The van der Waals surface area contributed by atoms with Crippen molar-refractivity contribution in [1.29, 1.82) is 0 Å². The molecule has 4 heterocycles. The normalized spacial score (nSPS) is 18.7. The molecule has 430 valence electrons. The lowest BCUT2D eigenvalue weighted by Crippen LogP contribution is -2.65. The number of anilines is 1. The predicted octanol–water partition coefficient (Wildman–Crippen LogP) is -2.33. The summed E-state index contributed by atoms with van der Waals surface area (Å²) in [6, 6.07) is 6.55. The van der Waals surface area contributed by atoms with Crippen LogP contribution in [0.25, 0.3) is 0 Å². The summed E-state index contributed by atoms with van der Waals surface area (Å²) in [6.45, 7) is 1.41. The molecule has 0 saturated carbocycles. The summed E-state index contributed by atoms with van der Waals surface area (Å²) in [6.07, 6.45) is 1.15. The number of carbonyl (C=O) groups excluding carboxylic acids is 8. The minimum atomic E-state index is -2.05. The smallest absolute Gasteiger partial charge is 0.326 e. The predicted molar refractivity (Wildman–Crippen MR) is 293 cm³/mol. The summed E-state index contributed by atoms with van der Waals surface area (Å²) < 4.78 is 0. The quantitative estimate of drug-likeness (QED) is 0.0150. The first-order valence-corrected chi connectivity index (χ1v) is 27.3. The zero-order valence-electron chi connectivity index (χ0n) is 43.9. The number of benzene rings is 1. The number of hydrogen-bond donors (Lipinski definition) is 13. The molecule has 0 spiro atoms. The topological polar surface area (TPSA) is 439 Å². The van der Waals surface area contributed by atoms with E-state index in [4.69, 9.17) is 28.7 Å². The Hall–Kier alpha value is -7.57. The highest BCUT2D eigenvalue weighted by Gasteiger charge is 2.58. The van der Waals surface area contributed by atoms with Gasteiger partial charge in [0.05, 0.1) is 24.2 Å². The summed E-state index contributed by atoms with van der Waals surface area (Å²) in [5.41, 5.74) is 24.4. The molecule has 0 bridgehead atoms. The molecular weight excluding hydrogens is 1070 g/mol. The van der Waals surface area contributed by atoms with Gasteiger partial charge in [-0.25, -0.2) is 4.79 Å². The molecule has 0 aliphatic carbocycles. The molecule has 79 heavy (non-hydrogen) atoms. The Labute approximate surface area is 463 Å². The van der Waals surface area contributed by atoms with E-state index in [1.54, 1.807) is 65.4 Å². The van der Waals surface area contributed by atoms with Crippen molar-refractivity contribution in [2.75, 3.05) is 44.2 Å². The fourth-order valence-electron chi connectivity index (χ4n) is 9.28. The molecule has 8 atom stereocenters. The number of aliphatic imine (C=N–C) groups is 2. The number of hydroxylamine groups is 2. The van der Waals surface area contributed by atoms with Gasteiger partial charge in [-0.2, -0.15) is 5.06 Å². The van der Waals surface area contributed by atoms with Gasteiger partial charge in [0.25, 0.3) is 11.8 Å². The van der Waals surface area contributed by atoms with Crippen LogP contribution in [0.3, 0.4) is 0 Å². The second-order valence-electron chi connectivity index (χ2n) is 19.2. The first-order chi connectivity index (χ1) is 37.5. The summed E-state index contributed by atoms with van der Waals surface area (Å²) in [4.78, 5) is 136. The van der Waals surface area contributed by atoms with E-state index in [2.05, 4.69) is 36.6 Å². The first kappa shape index (κ1) is 62.3. The molecule has 3 aromatic rings. The molecule has 7 amide bonds. The lowest BCUT2D eigenvalue weighted by molar-refractivity contribution is -0.185. The fraction of sp³-hybridized carbons (Fsp3) is 0.500. The number of amides is 7. The minimum Gasteiger partial charge on any atom is -0.480 e. The van der Waals surface area contributed by atoms with Crippen LogP contribution in [-0.4, -0.2) is 172 Å². The van der Waals surface area contributed by atoms with E-state index in [1.807, 2.05) is 0 Å². The number of aliphatic carboxylic acids is 1. The zero-order valence-corrected chi connectivity index (χ0v) is 45.5. The van der Waals surface area contributed by atoms with Gasteiger partial charge < -0.3 is 75.6 Å². The van der Waals surface area contributed by atoms with E-state index in [1.165, 1.54) is 18.7 Å². The number of nitrogens with one attached hydrogen (secondary N) is 5. The molecule has 8 unspecified atom stereocenters. The third-order valence-corrected chi connectivity index (χ3v) is 15.5. The Morgan fingerprint density at radius 2 is 1.46 bits per heavy atom. The van der Waals surface area contributed by atoms with Gasteiger partial charge in [-0.1, -0.05) is 36.4 Å². The van der Waals surface area contributed by atoms with Gasteiger partial charge in [-0.15, -0.1) is 22.7 Å². The average Bonchev–Trinajstić information content (AvgIpc) is 4.38. The Bertz CT molecular complexity index is 2670. The van der Waals surface area contributed by atoms with Crippen LogP contribution in [0.1, 0.15) is 75.7 Å². The summed E-state index contributed by atoms with van der Waals surface area (Å²) >= 11 is 2.18. The van der Waals surface area contributed by atoms with Crippen LogP contribution in [0.5, 0.6) is 0 Å². The molecule has 0 radical (unpaired) electrons. The summed E-state index contributed by atoms with van der Waals surface area (Å²) in [5.74, 6) is -8.46. The highest BCUT2D eigenvalue weighted by atomic mass is 32.1. The number of guanidine groups is 2. The zero-order chi connectivity index (χ0) is 58.0. The Morgan fingerprint density at radius 3 is 2.04 bits per heavy atom. The summed E-state index contributed by atoms with van der Waals surface area (Å²) in [7, 11) is 0. The van der Waals surface area contributed by atoms with Crippen molar-refractivity contribution in [3.05, 3.63) is 75.8 Å². The lowest BCUT2D eigenvalue weighted by atomic mass is 9.84. The standard InChI is InChI=1S/C50H71N15O12S2/c1-29(65(38-18-10-25-79-38)37(67)27-58-43(72)35-16-8-22-63(35)46(76)50(19-11-23-64(50)77)39(68)31(51)14-6-20-56-47(52)53)40(69)60-34(28-66)41(70)59-33(26-30-12-4-3-5-13-30)42(71)62-49(2,36-17-9-24-78-36)45(75)61-32(44(73)74)15-7-21-57-48(54)55/h3-5,9-10,12-13,17-18,24-25,29,31-35,66,77H,6-8,11,14-16,19-23,26-28,51H2,1-2H3,(H,58,72)(H,59,70)(H,60,69)(H,61,75)(H,62,71)(H,73,74)(H4,52,53,56)(H4,54,55,57). The number of ketones is 1. The highest BCUT2D eigenvalue weighted by molar-refractivity contribution is 7.14. The number of hydrogen-bond acceptors (Lipinski definition) is 17. The van der Waals surface area contributed by atoms with Crippen LogP contribution >= 0.6 is 22.7 Å². The minimum absolute atomic E-state index is 0.000126. The second-order valence-corrected chi connectivity index (χ2v) is 21.0. The van der Waals surface area contributed by atoms with Gasteiger partial charge in [0.2, 0.25) is 29.5 Å². The number of aliphatic hydroxyl groups is 1. The van der Waals surface area contributed by atoms with Gasteiger partial charge in [0, 0.05) is 37.5 Å². The van der Waals surface area contributed by atoms with Crippen LogP contribution in [0.4, 0.5) is 5.00 Å². The molecule has 5 rings (SSSR count). The SMILES string of the molecule is CC(C(=O)NC(CO)C(=O)NC(Cc1ccccc1)C(=O)NC(C)(C(=O)NC(CCCN=C(N)N)C(=O)O)c1cccs1)N(C(=O)CNC(=O)C1CCCN1C(=O)C1(C(=O)C(N)CCCN=C(N)N)CCCN1O)c1cccs1. The third-order valence-electron chi connectivity index (χ3n) is 13.5. The number of nitrogens with zero attached hydrogens (tertiary/aromatic N) is 5. The number of carboxylic acids is 1. The molecule has 2 saturated heterocycles. The average molecular weight is 1140 g/mol. The maximum Gasteiger partial charge on any atom is 0.326 e. The molecule has 18 N–H and O–H groups in total. The van der Waals surface area contributed by atoms with Crippen molar-refractivity contribution >= 4 is 92.7 Å². The van der Waals surface area contributed by atoms with E-state index in [-0.39, 0.29) is 88.0 Å². The molecule has 1 aromatic carbocycles. The molecule has 2 aliphatic rings. The van der Waals surface area contributed by atoms with E-state index in [0.29, 0.717) is 28.3 Å². The maximum atomic E-state index is 14.4. The number of carbonyl (C=O) groups is 9. The number of Topliss-reactive ketones (excluding diaryl/α,β-unsaturated/α-hetero) is 1. The van der Waals surface area contributed by atoms with E-state index < -0.39 is 114 Å². The van der Waals surface area contributed by atoms with Crippen molar-refractivity contribution < 1.29 is 58.6 Å². The molecular formula is C50H71N15O12S2. The number of carboxylic acid groups (broad SMARTS) is 1. The maximum absolute atomic E-state index is 14.4. The fourth-order valence-corrected chi connectivity index (χ4v) is 11.0. The lowest BCUT2D eigenvalue weighted by Gasteiger charge is -2.38. The van der Waals surface area contributed by atoms with Crippen LogP contribution in [0.15, 0.2) is 75.3 Å². The van der Waals surface area contributed by atoms with Crippen molar-refractivity contribution in [2.24, 2.45) is 38.7 Å². The van der Waals surface area contributed by atoms with Gasteiger partial charge in [0.15, 0.2) is 28.8 Å². The second kappa shape index (κ2) is 28.9. The molecule has 2 fully saturated rings. The Kier molecular flexibility index (Phi) is 22.8. The van der Waals surface area contributed by atoms with Gasteiger partial charge in [0.1, 0.15) is 30.2 Å². The number of thiophene rings is 2. The first-order valence-electron chi connectivity index (χ1n) is 25.5. The van der Waals surface area contributed by atoms with Crippen LogP contribution < -0.4 is 60.2 Å². The van der Waals surface area contributed by atoms with Gasteiger partial charge in [-0.3, -0.25) is 53.2 Å². The van der Waals surface area contributed by atoms with Crippen molar-refractivity contribution in [1.82, 2.24) is 36.5 Å². The van der Waals surface area contributed by atoms with Crippen LogP contribution in [0.2, 0.25) is 0 Å². The van der Waals surface area contributed by atoms with E-state index in [0.717, 1.165) is 27.6 Å². The van der Waals surface area contributed by atoms with Crippen LogP contribution in [0, 0.1) is 0 Å². The number of aliphatic hydroxyl groups excluding tert-OH is 1. The number of likely N-dealkylation sites (tertiary alicyclic amines) is 1. The molecule has 2 aliphatic heterocycles. The third kappa shape index (κ3) is 16.0. The van der Waals surface area contributed by atoms with Crippen LogP contribution in [-0.2, 0) is 55.1 Å². The molecule has 29 heteroatoms. The number of rotatable bonds is 29. The highest BCUT2D eigenvalue weighted by Crippen LogP contribution is 2.35.